The van der Waals surface area contributed by atoms with E-state index >= 15 is 0 Å². The molecule has 0 atom stereocenters. The van der Waals surface area contributed by atoms with Gasteiger partial charge < -0.3 is 14.6 Å². The fraction of sp³-hybridized carbons (Fsp3) is 0.190. The summed E-state index contributed by atoms with van der Waals surface area (Å²) in [6.07, 6.45) is 2.51. The van der Waals surface area contributed by atoms with Crippen molar-refractivity contribution in [1.29, 1.82) is 0 Å². The van der Waals surface area contributed by atoms with Crippen LogP contribution < -0.4 is 10.2 Å². The Bertz CT molecular complexity index is 964. The molecule has 4 rings (SSSR count). The molecule has 132 valence electrons. The number of carbonyl (C=O) groups excluding carboxylic acids is 1. The average Bonchev–Trinajstić information content (AvgIpc) is 3.07. The van der Waals surface area contributed by atoms with Crippen LogP contribution in [0.15, 0.2) is 59.2 Å². The highest BCUT2D eigenvalue weighted by atomic mass is 35.5. The van der Waals surface area contributed by atoms with E-state index in [1.54, 1.807) is 12.1 Å². The van der Waals surface area contributed by atoms with Crippen molar-refractivity contribution < 1.29 is 9.21 Å². The summed E-state index contributed by atoms with van der Waals surface area (Å²) in [7, 11) is 0. The van der Waals surface area contributed by atoms with Gasteiger partial charge in [0.1, 0.15) is 0 Å². The molecule has 0 saturated carbocycles. The third-order valence-corrected chi connectivity index (χ3v) is 5.05. The van der Waals surface area contributed by atoms with Gasteiger partial charge >= 0.3 is 0 Å². The van der Waals surface area contributed by atoms with Crippen LogP contribution >= 0.6 is 11.6 Å². The van der Waals surface area contributed by atoms with E-state index in [9.17, 15) is 4.79 Å². The molecule has 1 amide bonds. The van der Waals surface area contributed by atoms with Crippen molar-refractivity contribution in [3.8, 4) is 0 Å². The molecule has 0 spiro atoms. The van der Waals surface area contributed by atoms with Gasteiger partial charge in [-0.1, -0.05) is 35.9 Å². The van der Waals surface area contributed by atoms with Crippen molar-refractivity contribution in [2.24, 2.45) is 0 Å². The van der Waals surface area contributed by atoms with Crippen molar-refractivity contribution in [1.82, 2.24) is 0 Å². The normalized spacial score (nSPS) is 13.4. The maximum absolute atomic E-state index is 12.3. The van der Waals surface area contributed by atoms with E-state index in [0.29, 0.717) is 16.5 Å². The Kier molecular flexibility index (Phi) is 4.43. The Morgan fingerprint density at radius 2 is 1.96 bits per heavy atom. The molecule has 0 fully saturated rings. The average molecular weight is 367 g/mol. The molecular formula is C21H19ClN2O2. The number of carbonyl (C=O) groups is 1. The number of halogens is 1. The summed E-state index contributed by atoms with van der Waals surface area (Å²) >= 11 is 6.51. The van der Waals surface area contributed by atoms with Crippen molar-refractivity contribution in [3.05, 3.63) is 82.3 Å². The summed E-state index contributed by atoms with van der Waals surface area (Å²) in [5.41, 5.74) is 5.17. The van der Waals surface area contributed by atoms with E-state index in [-0.39, 0.29) is 5.91 Å². The minimum Gasteiger partial charge on any atom is -0.459 e. The van der Waals surface area contributed by atoms with Gasteiger partial charge in [0.25, 0.3) is 5.91 Å². The molecule has 3 aromatic rings. The van der Waals surface area contributed by atoms with E-state index in [4.69, 9.17) is 16.0 Å². The van der Waals surface area contributed by atoms with Crippen molar-refractivity contribution in [2.75, 3.05) is 16.8 Å². The molecule has 5 heteroatoms. The van der Waals surface area contributed by atoms with Gasteiger partial charge in [-0.2, -0.15) is 0 Å². The third kappa shape index (κ3) is 3.20. The lowest BCUT2D eigenvalue weighted by Gasteiger charge is -2.31. The molecule has 1 aliphatic heterocycles. The Hall–Kier alpha value is -2.72. The Morgan fingerprint density at radius 3 is 2.69 bits per heavy atom. The molecule has 1 aliphatic rings. The second-order valence-electron chi connectivity index (χ2n) is 6.49. The van der Waals surface area contributed by atoms with Crippen LogP contribution in [0.3, 0.4) is 0 Å². The summed E-state index contributed by atoms with van der Waals surface area (Å²) < 4.78 is 5.23. The zero-order valence-electron chi connectivity index (χ0n) is 14.5. The van der Waals surface area contributed by atoms with Crippen LogP contribution in [0.5, 0.6) is 0 Å². The second-order valence-corrected chi connectivity index (χ2v) is 6.90. The highest BCUT2D eigenvalue weighted by molar-refractivity contribution is 6.33. The monoisotopic (exact) mass is 366 g/mol. The number of nitrogens with one attached hydrogen (secondary N) is 1. The standard InChI is InChI=1S/C21H19ClN2O2/c1-14-9-11-26-20(14)21(25)23-17-6-7-19(18(22)12-17)24-10-8-15-4-2-3-5-16(15)13-24/h2-7,9,11-12H,8,10,13H2,1H3,(H,23,25). The predicted octanol–water partition coefficient (Wildman–Crippen LogP) is 5.06. The molecule has 1 N–H and O–H groups in total. The molecule has 26 heavy (non-hydrogen) atoms. The van der Waals surface area contributed by atoms with Gasteiger partial charge in [-0.15, -0.1) is 0 Å². The van der Waals surface area contributed by atoms with Gasteiger partial charge in [0, 0.05) is 24.3 Å². The fourth-order valence-electron chi connectivity index (χ4n) is 3.34. The number of nitrogens with zero attached hydrogens (tertiary/aromatic N) is 1. The zero-order chi connectivity index (χ0) is 18.1. The maximum Gasteiger partial charge on any atom is 0.291 e. The molecule has 2 heterocycles. The summed E-state index contributed by atoms with van der Waals surface area (Å²) in [5.74, 6) is 0.0426. The molecule has 2 aromatic carbocycles. The Balaban J connectivity index is 1.52. The Labute approximate surface area is 157 Å². The minimum absolute atomic E-state index is 0.275. The molecule has 0 saturated heterocycles. The van der Waals surface area contributed by atoms with Gasteiger partial charge in [-0.05, 0) is 48.7 Å². The van der Waals surface area contributed by atoms with Crippen LogP contribution in [0.2, 0.25) is 5.02 Å². The maximum atomic E-state index is 12.3. The minimum atomic E-state index is -0.275. The molecule has 4 nitrogen and oxygen atoms in total. The highest BCUT2D eigenvalue weighted by Crippen LogP contribution is 2.32. The van der Waals surface area contributed by atoms with Gasteiger partial charge in [-0.3, -0.25) is 4.79 Å². The van der Waals surface area contributed by atoms with Crippen LogP contribution in [0.25, 0.3) is 0 Å². The molecule has 0 unspecified atom stereocenters. The van der Waals surface area contributed by atoms with Crippen LogP contribution in [0, 0.1) is 6.92 Å². The van der Waals surface area contributed by atoms with Gasteiger partial charge in [0.05, 0.1) is 17.0 Å². The van der Waals surface area contributed by atoms with Gasteiger partial charge in [-0.25, -0.2) is 0 Å². The van der Waals surface area contributed by atoms with Crippen LogP contribution in [-0.2, 0) is 13.0 Å². The van der Waals surface area contributed by atoms with Crippen molar-refractivity contribution >= 4 is 28.9 Å². The topological polar surface area (TPSA) is 45.5 Å². The van der Waals surface area contributed by atoms with Crippen molar-refractivity contribution in [2.45, 2.75) is 19.9 Å². The number of hydrogen-bond acceptors (Lipinski definition) is 3. The molecular weight excluding hydrogens is 348 g/mol. The molecule has 0 aliphatic carbocycles. The summed E-state index contributed by atoms with van der Waals surface area (Å²) in [4.78, 5) is 14.5. The smallest absolute Gasteiger partial charge is 0.291 e. The SMILES string of the molecule is Cc1ccoc1C(=O)Nc1ccc(N2CCc3ccccc3C2)c(Cl)c1. The molecule has 0 bridgehead atoms. The number of hydrogen-bond donors (Lipinski definition) is 1. The lowest BCUT2D eigenvalue weighted by molar-refractivity contribution is 0.0996. The van der Waals surface area contributed by atoms with E-state index in [2.05, 4.69) is 34.5 Å². The number of fused-ring (bicyclic) bond motifs is 1. The van der Waals surface area contributed by atoms with Crippen molar-refractivity contribution in [3.63, 3.8) is 0 Å². The number of aryl methyl sites for hydroxylation is 1. The van der Waals surface area contributed by atoms with E-state index in [1.165, 1.54) is 17.4 Å². The number of amides is 1. The predicted molar refractivity (Wildman–Crippen MR) is 104 cm³/mol. The van der Waals surface area contributed by atoms with Crippen LogP contribution in [0.4, 0.5) is 11.4 Å². The van der Waals surface area contributed by atoms with Gasteiger partial charge in [0.2, 0.25) is 0 Å². The fourth-order valence-corrected chi connectivity index (χ4v) is 3.64. The van der Waals surface area contributed by atoms with E-state index < -0.39 is 0 Å². The molecule has 1 aromatic heterocycles. The zero-order valence-corrected chi connectivity index (χ0v) is 15.2. The number of benzene rings is 2. The summed E-state index contributed by atoms with van der Waals surface area (Å²) in [6.45, 7) is 3.60. The quantitative estimate of drug-likeness (QED) is 0.705. The number of anilines is 2. The lowest BCUT2D eigenvalue weighted by atomic mass is 9.99. The second kappa shape index (κ2) is 6.89. The first-order chi connectivity index (χ1) is 12.6. The van der Waals surface area contributed by atoms with E-state index in [0.717, 1.165) is 30.8 Å². The number of furan rings is 1. The van der Waals surface area contributed by atoms with Gasteiger partial charge in [0.15, 0.2) is 5.76 Å². The summed E-state index contributed by atoms with van der Waals surface area (Å²) in [6, 6.07) is 15.9. The largest absolute Gasteiger partial charge is 0.459 e. The van der Waals surface area contributed by atoms with E-state index in [1.807, 2.05) is 19.1 Å². The van der Waals surface area contributed by atoms with Crippen LogP contribution in [0.1, 0.15) is 27.2 Å². The number of rotatable bonds is 3. The first-order valence-electron chi connectivity index (χ1n) is 8.58. The highest BCUT2D eigenvalue weighted by Gasteiger charge is 2.19. The Morgan fingerprint density at radius 1 is 1.15 bits per heavy atom. The first kappa shape index (κ1) is 16.7. The lowest BCUT2D eigenvalue weighted by Crippen LogP contribution is -2.30. The molecule has 0 radical (unpaired) electrons. The third-order valence-electron chi connectivity index (χ3n) is 4.75. The first-order valence-corrected chi connectivity index (χ1v) is 8.96. The summed E-state index contributed by atoms with van der Waals surface area (Å²) in [5, 5.41) is 3.46. The van der Waals surface area contributed by atoms with Crippen LogP contribution in [-0.4, -0.2) is 12.5 Å².